The van der Waals surface area contributed by atoms with Gasteiger partial charge >= 0.3 is 17.9 Å². The standard InChI is InChI=1S/C38H68O8/c1-3-5-7-9-11-13-15-17-19-21-23-25-27-29-33(40)44-31-32(39)36-35(42)37(38(43)46-36)45-34(41)30-28-26-24-22-20-18-16-14-12-10-8-6-4-2/h32,36,39,42H,3-31H2,1-2H3/t32-,36-/m1/s1. The second kappa shape index (κ2) is 29.1. The third-order valence-electron chi connectivity index (χ3n) is 8.87. The molecule has 46 heavy (non-hydrogen) atoms. The smallest absolute Gasteiger partial charge is 0.378 e. The van der Waals surface area contributed by atoms with E-state index in [1.807, 2.05) is 0 Å². The molecule has 2 N–H and O–H groups in total. The number of cyclic esters (lactones) is 1. The highest BCUT2D eigenvalue weighted by molar-refractivity contribution is 5.92. The molecule has 0 aromatic heterocycles. The number of carbonyl (C=O) groups excluding carboxylic acids is 3. The number of unbranched alkanes of at least 4 members (excludes halogenated alkanes) is 24. The fourth-order valence-corrected chi connectivity index (χ4v) is 5.89. The van der Waals surface area contributed by atoms with E-state index in [9.17, 15) is 24.6 Å². The molecule has 0 saturated carbocycles. The van der Waals surface area contributed by atoms with Gasteiger partial charge in [-0.25, -0.2) is 4.79 Å². The molecule has 0 aromatic carbocycles. The zero-order valence-electron chi connectivity index (χ0n) is 29.5. The molecule has 0 unspecified atom stereocenters. The van der Waals surface area contributed by atoms with Crippen LogP contribution in [0.1, 0.15) is 194 Å². The highest BCUT2D eigenvalue weighted by Gasteiger charge is 2.42. The number of rotatable bonds is 32. The Balaban J connectivity index is 2.09. The van der Waals surface area contributed by atoms with Crippen LogP contribution in [0.2, 0.25) is 0 Å². The Morgan fingerprint density at radius 2 is 0.957 bits per heavy atom. The van der Waals surface area contributed by atoms with Crippen molar-refractivity contribution >= 4 is 17.9 Å². The number of esters is 3. The van der Waals surface area contributed by atoms with Crippen LogP contribution in [0.4, 0.5) is 0 Å². The lowest BCUT2D eigenvalue weighted by molar-refractivity contribution is -0.157. The second-order valence-corrected chi connectivity index (χ2v) is 13.2. The summed E-state index contributed by atoms with van der Waals surface area (Å²) in [4.78, 5) is 36.5. The predicted octanol–water partition coefficient (Wildman–Crippen LogP) is 10.1. The predicted molar refractivity (Wildman–Crippen MR) is 183 cm³/mol. The van der Waals surface area contributed by atoms with Gasteiger partial charge in [-0.15, -0.1) is 0 Å². The highest BCUT2D eigenvalue weighted by atomic mass is 16.6. The Morgan fingerprint density at radius 1 is 0.609 bits per heavy atom. The topological polar surface area (TPSA) is 119 Å². The van der Waals surface area contributed by atoms with Crippen LogP contribution in [-0.4, -0.2) is 46.9 Å². The van der Waals surface area contributed by atoms with Gasteiger partial charge in [0.15, 0.2) is 11.9 Å². The Labute approximate surface area is 280 Å². The molecule has 0 bridgehead atoms. The summed E-state index contributed by atoms with van der Waals surface area (Å²) in [6.45, 7) is 4.05. The summed E-state index contributed by atoms with van der Waals surface area (Å²) in [6, 6.07) is 0. The Morgan fingerprint density at radius 3 is 1.35 bits per heavy atom. The van der Waals surface area contributed by atoms with Gasteiger partial charge in [0.05, 0.1) is 0 Å². The van der Waals surface area contributed by atoms with E-state index in [0.29, 0.717) is 6.42 Å². The fraction of sp³-hybridized carbons (Fsp3) is 0.868. The largest absolute Gasteiger partial charge is 0.505 e. The first-order chi connectivity index (χ1) is 22.4. The van der Waals surface area contributed by atoms with Crippen LogP contribution >= 0.6 is 0 Å². The van der Waals surface area contributed by atoms with Crippen LogP contribution in [0.5, 0.6) is 0 Å². The van der Waals surface area contributed by atoms with Crippen LogP contribution < -0.4 is 0 Å². The molecule has 8 nitrogen and oxygen atoms in total. The molecule has 268 valence electrons. The molecule has 1 rings (SSSR count). The fourth-order valence-electron chi connectivity index (χ4n) is 5.89. The van der Waals surface area contributed by atoms with Gasteiger partial charge in [0, 0.05) is 12.8 Å². The van der Waals surface area contributed by atoms with Gasteiger partial charge in [0.1, 0.15) is 12.7 Å². The van der Waals surface area contributed by atoms with Crippen LogP contribution in [0.15, 0.2) is 11.5 Å². The second-order valence-electron chi connectivity index (χ2n) is 13.2. The first-order valence-corrected chi connectivity index (χ1v) is 19.1. The maximum atomic E-state index is 12.2. The molecule has 2 atom stereocenters. The van der Waals surface area contributed by atoms with Gasteiger partial charge in [-0.3, -0.25) is 9.59 Å². The monoisotopic (exact) mass is 652 g/mol. The molecule has 8 heteroatoms. The zero-order valence-corrected chi connectivity index (χ0v) is 29.5. The zero-order chi connectivity index (χ0) is 33.7. The van der Waals surface area contributed by atoms with Crippen LogP contribution in [0.25, 0.3) is 0 Å². The van der Waals surface area contributed by atoms with Gasteiger partial charge in [-0.05, 0) is 12.8 Å². The normalized spacial score (nSPS) is 15.3. The van der Waals surface area contributed by atoms with E-state index in [0.717, 1.165) is 38.5 Å². The van der Waals surface area contributed by atoms with Crippen molar-refractivity contribution < 1.29 is 38.8 Å². The first kappa shape index (κ1) is 41.9. The molecule has 1 heterocycles. The third-order valence-corrected chi connectivity index (χ3v) is 8.87. The molecule has 1 aliphatic rings. The van der Waals surface area contributed by atoms with Crippen molar-refractivity contribution in [2.45, 2.75) is 206 Å². The summed E-state index contributed by atoms with van der Waals surface area (Å²) in [5, 5.41) is 20.7. The van der Waals surface area contributed by atoms with Crippen molar-refractivity contribution in [3.63, 3.8) is 0 Å². The number of hydrogen-bond acceptors (Lipinski definition) is 8. The highest BCUT2D eigenvalue weighted by Crippen LogP contribution is 2.25. The summed E-state index contributed by atoms with van der Waals surface area (Å²) in [6.07, 6.45) is 28.8. The van der Waals surface area contributed by atoms with Gasteiger partial charge in [0.25, 0.3) is 5.76 Å². The molecule has 0 aromatic rings. The number of hydrogen-bond donors (Lipinski definition) is 2. The molecule has 0 saturated heterocycles. The SMILES string of the molecule is CCCCCCCCCCCCCCCC(=O)OC[C@@H](O)[C@H]1OC(=O)C(OC(=O)CCCCCCCCCCCCCCC)=C1O. The average Bonchev–Trinajstić information content (AvgIpc) is 3.32. The maximum absolute atomic E-state index is 12.2. The van der Waals surface area contributed by atoms with Gasteiger partial charge < -0.3 is 24.4 Å². The van der Waals surface area contributed by atoms with Crippen LogP contribution in [-0.2, 0) is 28.6 Å². The lowest BCUT2D eigenvalue weighted by Gasteiger charge is -2.17. The molecule has 0 radical (unpaired) electrons. The number of carbonyl (C=O) groups is 3. The number of aliphatic hydroxyl groups excluding tert-OH is 2. The summed E-state index contributed by atoms with van der Waals surface area (Å²) in [7, 11) is 0. The number of ether oxygens (including phenoxy) is 3. The van der Waals surface area contributed by atoms with Crippen molar-refractivity contribution in [2.24, 2.45) is 0 Å². The van der Waals surface area contributed by atoms with E-state index in [1.165, 1.54) is 122 Å². The summed E-state index contributed by atoms with van der Waals surface area (Å²) >= 11 is 0. The quantitative estimate of drug-likeness (QED) is 0.0419. The molecule has 0 amide bonds. The Kier molecular flexibility index (Phi) is 26.5. The molecule has 1 aliphatic heterocycles. The number of aliphatic hydroxyl groups is 2. The summed E-state index contributed by atoms with van der Waals surface area (Å²) < 4.78 is 15.2. The van der Waals surface area contributed by atoms with Crippen molar-refractivity contribution in [2.75, 3.05) is 6.61 Å². The van der Waals surface area contributed by atoms with E-state index >= 15 is 0 Å². The van der Waals surface area contributed by atoms with E-state index in [1.54, 1.807) is 0 Å². The van der Waals surface area contributed by atoms with E-state index < -0.39 is 48.2 Å². The van der Waals surface area contributed by atoms with E-state index in [-0.39, 0.29) is 12.8 Å². The van der Waals surface area contributed by atoms with Crippen molar-refractivity contribution in [3.05, 3.63) is 11.5 Å². The van der Waals surface area contributed by atoms with Crippen LogP contribution in [0, 0.1) is 0 Å². The Bertz CT molecular complexity index is 824. The van der Waals surface area contributed by atoms with Crippen molar-refractivity contribution in [1.29, 1.82) is 0 Å². The average molecular weight is 653 g/mol. The van der Waals surface area contributed by atoms with E-state index in [2.05, 4.69) is 13.8 Å². The first-order valence-electron chi connectivity index (χ1n) is 19.1. The summed E-state index contributed by atoms with van der Waals surface area (Å²) in [5.74, 6) is -3.33. The van der Waals surface area contributed by atoms with Gasteiger partial charge in [-0.2, -0.15) is 0 Å². The van der Waals surface area contributed by atoms with Crippen LogP contribution in [0.3, 0.4) is 0 Å². The molecule has 0 spiro atoms. The van der Waals surface area contributed by atoms with Gasteiger partial charge in [0.2, 0.25) is 0 Å². The molecule has 0 aliphatic carbocycles. The lowest BCUT2D eigenvalue weighted by atomic mass is 10.0. The lowest BCUT2D eigenvalue weighted by Crippen LogP contribution is -2.33. The third kappa shape index (κ3) is 21.7. The van der Waals surface area contributed by atoms with Crippen molar-refractivity contribution in [3.8, 4) is 0 Å². The molecule has 0 fully saturated rings. The van der Waals surface area contributed by atoms with Crippen molar-refractivity contribution in [1.82, 2.24) is 0 Å². The maximum Gasteiger partial charge on any atom is 0.378 e. The molecular weight excluding hydrogens is 584 g/mol. The Hall–Kier alpha value is -2.09. The van der Waals surface area contributed by atoms with E-state index in [4.69, 9.17) is 14.2 Å². The van der Waals surface area contributed by atoms with Gasteiger partial charge in [-0.1, -0.05) is 168 Å². The minimum atomic E-state index is -1.46. The summed E-state index contributed by atoms with van der Waals surface area (Å²) in [5.41, 5.74) is 0. The molecular formula is C38H68O8. The minimum Gasteiger partial charge on any atom is -0.505 e. The minimum absolute atomic E-state index is 0.131.